The molecule has 0 aromatic rings. The predicted molar refractivity (Wildman–Crippen MR) is 58.2 cm³/mol. The van der Waals surface area contributed by atoms with Gasteiger partial charge in [0.1, 0.15) is 0 Å². The van der Waals surface area contributed by atoms with Crippen molar-refractivity contribution in [1.29, 1.82) is 0 Å². The van der Waals surface area contributed by atoms with Gasteiger partial charge in [0.2, 0.25) is 0 Å². The molecule has 84 valence electrons. The summed E-state index contributed by atoms with van der Waals surface area (Å²) in [6, 6.07) is 0. The molecule has 0 spiro atoms. The minimum absolute atomic E-state index is 0. The van der Waals surface area contributed by atoms with Crippen molar-refractivity contribution in [1.82, 2.24) is 6.15 Å². The zero-order chi connectivity index (χ0) is 9.66. The fourth-order valence-electron chi connectivity index (χ4n) is 0.724. The van der Waals surface area contributed by atoms with Crippen molar-refractivity contribution in [3.05, 3.63) is 0 Å². The highest BCUT2D eigenvalue weighted by Crippen LogP contribution is 1.89. The van der Waals surface area contributed by atoms with E-state index in [1.807, 2.05) is 0 Å². The maximum absolute atomic E-state index is 8.20. The van der Waals surface area contributed by atoms with Gasteiger partial charge in [-0.3, -0.25) is 0 Å². The van der Waals surface area contributed by atoms with Gasteiger partial charge in [0.15, 0.2) is 0 Å². The van der Waals surface area contributed by atoms with Gasteiger partial charge >= 0.3 is 0 Å². The van der Waals surface area contributed by atoms with Gasteiger partial charge in [-0.1, -0.05) is 39.5 Å². The average Bonchev–Trinajstić information content (AvgIpc) is 2.12. The summed E-state index contributed by atoms with van der Waals surface area (Å²) in [5.41, 5.74) is 0. The van der Waals surface area contributed by atoms with Crippen LogP contribution >= 0.6 is 0 Å². The zero-order valence-corrected chi connectivity index (χ0v) is 9.26. The van der Waals surface area contributed by atoms with E-state index in [1.165, 1.54) is 12.8 Å². The molecular weight excluding hydrogens is 166 g/mol. The molecule has 0 bridgehead atoms. The Hall–Kier alpha value is -0.120. The largest absolute Gasteiger partial charge is 0.396 e. The lowest BCUT2D eigenvalue weighted by Crippen LogP contribution is -1.78. The third kappa shape index (κ3) is 33.5. The molecule has 0 amide bonds. The van der Waals surface area contributed by atoms with E-state index >= 15 is 0 Å². The maximum Gasteiger partial charge on any atom is 0.0431 e. The van der Waals surface area contributed by atoms with E-state index in [9.17, 15) is 0 Å². The van der Waals surface area contributed by atoms with Gasteiger partial charge in [-0.25, -0.2) is 0 Å². The molecule has 0 aromatic carbocycles. The van der Waals surface area contributed by atoms with Crippen LogP contribution in [0.2, 0.25) is 0 Å². The van der Waals surface area contributed by atoms with Crippen LogP contribution in [0.5, 0.6) is 0 Å². The van der Waals surface area contributed by atoms with Crippen LogP contribution in [-0.4, -0.2) is 23.4 Å². The van der Waals surface area contributed by atoms with Crippen LogP contribution in [0.25, 0.3) is 0 Å². The monoisotopic (exact) mass is 193 g/mol. The summed E-state index contributed by atoms with van der Waals surface area (Å²) in [7, 11) is 0. The van der Waals surface area contributed by atoms with Crippen LogP contribution in [-0.2, 0) is 0 Å². The number of aliphatic hydroxyl groups excluding tert-OH is 2. The fourth-order valence-corrected chi connectivity index (χ4v) is 0.724. The lowest BCUT2D eigenvalue weighted by Gasteiger charge is -1.85. The highest BCUT2D eigenvalue weighted by Gasteiger charge is 1.76. The molecule has 0 saturated carbocycles. The first-order valence-electron chi connectivity index (χ1n) is 5.05. The molecule has 0 aromatic heterocycles. The maximum atomic E-state index is 8.20. The van der Waals surface area contributed by atoms with E-state index in [0.717, 1.165) is 25.7 Å². The number of rotatable bonds is 6. The minimum Gasteiger partial charge on any atom is -0.396 e. The first-order valence-corrected chi connectivity index (χ1v) is 5.05. The summed E-state index contributed by atoms with van der Waals surface area (Å²) in [5, 5.41) is 16.4. The fraction of sp³-hybridized carbons (Fsp3) is 1.00. The quantitative estimate of drug-likeness (QED) is 0.567. The second-order valence-corrected chi connectivity index (χ2v) is 2.86. The Morgan fingerprint density at radius 1 is 0.692 bits per heavy atom. The molecule has 0 aliphatic heterocycles. The Balaban J connectivity index is -0.000000143. The molecule has 5 N–H and O–H groups in total. The highest BCUT2D eigenvalue weighted by atomic mass is 16.3. The second-order valence-electron chi connectivity index (χ2n) is 2.86. The molecule has 0 heterocycles. The van der Waals surface area contributed by atoms with E-state index in [0.29, 0.717) is 13.2 Å². The first kappa shape index (κ1) is 18.6. The van der Waals surface area contributed by atoms with E-state index in [4.69, 9.17) is 10.2 Å². The molecular formula is C10H27NO2. The van der Waals surface area contributed by atoms with Crippen LogP contribution in [0.15, 0.2) is 0 Å². The molecule has 0 unspecified atom stereocenters. The summed E-state index contributed by atoms with van der Waals surface area (Å²) in [6.45, 7) is 4.95. The topological polar surface area (TPSA) is 75.5 Å². The van der Waals surface area contributed by atoms with Crippen molar-refractivity contribution < 1.29 is 10.2 Å². The summed E-state index contributed by atoms with van der Waals surface area (Å²) in [4.78, 5) is 0. The molecule has 0 saturated heterocycles. The molecule has 0 fully saturated rings. The van der Waals surface area contributed by atoms with Crippen molar-refractivity contribution >= 4 is 0 Å². The second kappa shape index (κ2) is 22.6. The van der Waals surface area contributed by atoms with Gasteiger partial charge in [-0.2, -0.15) is 0 Å². The molecule has 0 aliphatic carbocycles. The highest BCUT2D eigenvalue weighted by molar-refractivity contribution is 4.31. The Kier molecular flexibility index (Phi) is 32.4. The van der Waals surface area contributed by atoms with Crippen molar-refractivity contribution in [2.75, 3.05) is 13.2 Å². The summed E-state index contributed by atoms with van der Waals surface area (Å²) in [6.07, 6.45) is 6.65. The number of aliphatic hydroxyl groups is 2. The molecule has 13 heavy (non-hydrogen) atoms. The van der Waals surface area contributed by atoms with Gasteiger partial charge in [0, 0.05) is 13.2 Å². The van der Waals surface area contributed by atoms with E-state index < -0.39 is 0 Å². The third-order valence-electron chi connectivity index (χ3n) is 1.52. The number of unbranched alkanes of at least 4 members (excludes halogenated alkanes) is 4. The first-order chi connectivity index (χ1) is 5.83. The molecule has 3 nitrogen and oxygen atoms in total. The third-order valence-corrected chi connectivity index (χ3v) is 1.52. The molecule has 0 radical (unpaired) electrons. The number of hydrogen-bond donors (Lipinski definition) is 3. The van der Waals surface area contributed by atoms with Gasteiger partial charge in [0.25, 0.3) is 0 Å². The van der Waals surface area contributed by atoms with Gasteiger partial charge in [-0.15, -0.1) is 0 Å². The summed E-state index contributed by atoms with van der Waals surface area (Å²) in [5.74, 6) is 0. The van der Waals surface area contributed by atoms with Crippen molar-refractivity contribution in [3.8, 4) is 0 Å². The van der Waals surface area contributed by atoms with Crippen LogP contribution in [0, 0.1) is 0 Å². The standard InChI is InChI=1S/2C5H12O.H3N/c2*1-2-3-4-5-6;/h2*6H,2-5H2,1H3;1H3. The molecule has 0 rings (SSSR count). The summed E-state index contributed by atoms with van der Waals surface area (Å²) >= 11 is 0. The van der Waals surface area contributed by atoms with Gasteiger partial charge in [-0.05, 0) is 12.8 Å². The van der Waals surface area contributed by atoms with Crippen molar-refractivity contribution in [2.45, 2.75) is 52.4 Å². The zero-order valence-electron chi connectivity index (χ0n) is 9.26. The van der Waals surface area contributed by atoms with Crippen LogP contribution < -0.4 is 6.15 Å². The van der Waals surface area contributed by atoms with Crippen LogP contribution in [0.4, 0.5) is 0 Å². The van der Waals surface area contributed by atoms with Crippen molar-refractivity contribution in [3.63, 3.8) is 0 Å². The van der Waals surface area contributed by atoms with E-state index in [2.05, 4.69) is 13.8 Å². The Morgan fingerprint density at radius 3 is 1.08 bits per heavy atom. The predicted octanol–water partition coefficient (Wildman–Crippen LogP) is 2.50. The van der Waals surface area contributed by atoms with Crippen LogP contribution in [0.3, 0.4) is 0 Å². The van der Waals surface area contributed by atoms with Gasteiger partial charge in [0.05, 0.1) is 0 Å². The van der Waals surface area contributed by atoms with E-state index in [-0.39, 0.29) is 6.15 Å². The molecule has 0 atom stereocenters. The average molecular weight is 193 g/mol. The lowest BCUT2D eigenvalue weighted by atomic mass is 10.3. The summed E-state index contributed by atoms with van der Waals surface area (Å²) < 4.78 is 0. The van der Waals surface area contributed by atoms with Crippen molar-refractivity contribution in [2.24, 2.45) is 0 Å². The Bertz CT molecular complexity index is 44.9. The van der Waals surface area contributed by atoms with E-state index in [1.54, 1.807) is 0 Å². The smallest absolute Gasteiger partial charge is 0.0431 e. The Labute approximate surface area is 82.8 Å². The SMILES string of the molecule is CCCCCO.CCCCCO.N. The molecule has 0 aliphatic rings. The normalized spacial score (nSPS) is 8.31. The Morgan fingerprint density at radius 2 is 1.00 bits per heavy atom. The number of hydrogen-bond acceptors (Lipinski definition) is 3. The van der Waals surface area contributed by atoms with Crippen LogP contribution in [0.1, 0.15) is 52.4 Å². The minimum atomic E-state index is 0. The lowest BCUT2D eigenvalue weighted by molar-refractivity contribution is 0.284. The molecule has 3 heteroatoms. The van der Waals surface area contributed by atoms with Gasteiger partial charge < -0.3 is 16.4 Å².